The standard InChI is InChI=1S/C18H21N3O3S/c1-12-3-2-4-15(9-12)25-14-5-7-21(8-6-14)17(23)11-13-10-16(22)19-20-18(13)24/h2-4,9-10,14H,5-8,11H2,1H3,(H,19,22)(H,20,24). The summed E-state index contributed by atoms with van der Waals surface area (Å²) in [6.07, 6.45) is 1.82. The number of aromatic nitrogens is 2. The molecule has 0 radical (unpaired) electrons. The van der Waals surface area contributed by atoms with E-state index in [0.29, 0.717) is 18.3 Å². The molecular formula is C18H21N3O3S. The maximum Gasteiger partial charge on any atom is 0.266 e. The van der Waals surface area contributed by atoms with E-state index in [0.717, 1.165) is 12.8 Å². The second-order valence-electron chi connectivity index (χ2n) is 6.30. The number of rotatable bonds is 4. The van der Waals surface area contributed by atoms with E-state index in [9.17, 15) is 14.4 Å². The van der Waals surface area contributed by atoms with Gasteiger partial charge in [0.25, 0.3) is 11.1 Å². The lowest BCUT2D eigenvalue weighted by atomic mass is 10.1. The normalized spacial score (nSPS) is 15.3. The van der Waals surface area contributed by atoms with Gasteiger partial charge in [0.1, 0.15) is 0 Å². The second-order valence-corrected chi connectivity index (χ2v) is 7.68. The minimum Gasteiger partial charge on any atom is -0.342 e. The Balaban J connectivity index is 1.55. The SMILES string of the molecule is Cc1cccc(SC2CCN(C(=O)Cc3cc(=O)[nH][nH]c3=O)CC2)c1. The molecule has 1 aromatic heterocycles. The first-order chi connectivity index (χ1) is 12.0. The van der Waals surface area contributed by atoms with E-state index in [1.54, 1.807) is 4.90 Å². The third-order valence-electron chi connectivity index (χ3n) is 4.32. The predicted molar refractivity (Wildman–Crippen MR) is 98.0 cm³/mol. The van der Waals surface area contributed by atoms with Crippen LogP contribution in [0.1, 0.15) is 24.0 Å². The van der Waals surface area contributed by atoms with Gasteiger partial charge < -0.3 is 4.90 Å². The second kappa shape index (κ2) is 7.74. The Bertz CT molecular complexity index is 866. The number of hydrogen-bond acceptors (Lipinski definition) is 4. The van der Waals surface area contributed by atoms with Gasteiger partial charge in [0.05, 0.1) is 6.42 Å². The molecule has 1 saturated heterocycles. The van der Waals surface area contributed by atoms with Crippen molar-refractivity contribution in [3.63, 3.8) is 0 Å². The van der Waals surface area contributed by atoms with Crippen molar-refractivity contribution < 1.29 is 4.79 Å². The van der Waals surface area contributed by atoms with Crippen molar-refractivity contribution in [3.05, 3.63) is 62.2 Å². The summed E-state index contributed by atoms with van der Waals surface area (Å²) in [6, 6.07) is 9.64. The molecule has 1 fully saturated rings. The van der Waals surface area contributed by atoms with Crippen LogP contribution in [0.2, 0.25) is 0 Å². The molecule has 0 saturated carbocycles. The zero-order chi connectivity index (χ0) is 17.8. The summed E-state index contributed by atoms with van der Waals surface area (Å²) in [4.78, 5) is 38.4. The number of nitrogens with zero attached hydrogens (tertiary/aromatic N) is 1. The van der Waals surface area contributed by atoms with Crippen molar-refractivity contribution in [2.75, 3.05) is 13.1 Å². The Kier molecular flexibility index (Phi) is 5.43. The van der Waals surface area contributed by atoms with E-state index in [2.05, 4.69) is 41.4 Å². The molecule has 2 heterocycles. The third-order valence-corrected chi connectivity index (χ3v) is 5.66. The number of carbonyl (C=O) groups excluding carboxylic acids is 1. The fraction of sp³-hybridized carbons (Fsp3) is 0.389. The Hall–Kier alpha value is -2.28. The summed E-state index contributed by atoms with van der Waals surface area (Å²) in [5.74, 6) is -0.102. The van der Waals surface area contributed by atoms with Crippen molar-refractivity contribution >= 4 is 17.7 Å². The lowest BCUT2D eigenvalue weighted by molar-refractivity contribution is -0.131. The van der Waals surface area contributed by atoms with Gasteiger partial charge in [-0.1, -0.05) is 17.7 Å². The molecule has 1 aromatic carbocycles. The zero-order valence-corrected chi connectivity index (χ0v) is 14.9. The molecule has 1 amide bonds. The first-order valence-corrected chi connectivity index (χ1v) is 9.21. The lowest BCUT2D eigenvalue weighted by Gasteiger charge is -2.31. The molecule has 2 N–H and O–H groups in total. The van der Waals surface area contributed by atoms with E-state index < -0.39 is 11.1 Å². The predicted octanol–water partition coefficient (Wildman–Crippen LogP) is 1.70. The molecule has 1 aliphatic rings. The fourth-order valence-electron chi connectivity index (χ4n) is 2.97. The van der Waals surface area contributed by atoms with Crippen LogP contribution in [0, 0.1) is 6.92 Å². The Morgan fingerprint density at radius 3 is 2.68 bits per heavy atom. The molecule has 0 atom stereocenters. The zero-order valence-electron chi connectivity index (χ0n) is 14.1. The van der Waals surface area contributed by atoms with Gasteiger partial charge in [0, 0.05) is 34.9 Å². The summed E-state index contributed by atoms with van der Waals surface area (Å²) in [5.41, 5.74) is 0.638. The summed E-state index contributed by atoms with van der Waals surface area (Å²) >= 11 is 1.86. The Morgan fingerprint density at radius 1 is 1.20 bits per heavy atom. The van der Waals surface area contributed by atoms with Crippen molar-refractivity contribution in [3.8, 4) is 0 Å². The van der Waals surface area contributed by atoms with Gasteiger partial charge >= 0.3 is 0 Å². The fourth-order valence-corrected chi connectivity index (χ4v) is 4.21. The number of H-pyrrole nitrogens is 2. The topological polar surface area (TPSA) is 86.0 Å². The number of nitrogens with one attached hydrogen (secondary N) is 2. The van der Waals surface area contributed by atoms with Crippen molar-refractivity contribution in [1.82, 2.24) is 15.1 Å². The van der Waals surface area contributed by atoms with E-state index in [4.69, 9.17) is 0 Å². The monoisotopic (exact) mass is 359 g/mol. The highest BCUT2D eigenvalue weighted by molar-refractivity contribution is 8.00. The van der Waals surface area contributed by atoms with Crippen LogP contribution in [0.4, 0.5) is 0 Å². The molecule has 3 rings (SSSR count). The van der Waals surface area contributed by atoms with E-state index in [1.165, 1.54) is 16.5 Å². The number of likely N-dealkylation sites (tertiary alicyclic amines) is 1. The summed E-state index contributed by atoms with van der Waals surface area (Å²) in [6.45, 7) is 3.45. The van der Waals surface area contributed by atoms with Gasteiger partial charge in [-0.3, -0.25) is 24.6 Å². The van der Waals surface area contributed by atoms with E-state index in [1.807, 2.05) is 11.8 Å². The van der Waals surface area contributed by atoms with Gasteiger partial charge in [-0.2, -0.15) is 0 Å². The molecule has 132 valence electrons. The number of aryl methyl sites for hydroxylation is 1. The minimum atomic E-state index is -0.419. The van der Waals surface area contributed by atoms with Crippen LogP contribution >= 0.6 is 11.8 Å². The lowest BCUT2D eigenvalue weighted by Crippen LogP contribution is -2.41. The molecule has 0 spiro atoms. The van der Waals surface area contributed by atoms with Gasteiger partial charge in [-0.25, -0.2) is 0 Å². The number of amides is 1. The molecule has 2 aromatic rings. The molecule has 0 bridgehead atoms. The minimum absolute atomic E-state index is 0.0328. The van der Waals surface area contributed by atoms with Crippen LogP contribution in [0.15, 0.2) is 44.8 Å². The van der Waals surface area contributed by atoms with Gasteiger partial charge in [-0.15, -0.1) is 11.8 Å². The molecule has 7 heteroatoms. The third kappa shape index (κ3) is 4.63. The Morgan fingerprint density at radius 2 is 1.96 bits per heavy atom. The molecule has 0 aliphatic carbocycles. The van der Waals surface area contributed by atoms with Crippen molar-refractivity contribution in [1.29, 1.82) is 0 Å². The number of aromatic amines is 2. The molecule has 0 unspecified atom stereocenters. The average molecular weight is 359 g/mol. The van der Waals surface area contributed by atoms with Crippen LogP contribution in [-0.2, 0) is 11.2 Å². The van der Waals surface area contributed by atoms with Gasteiger partial charge in [0.2, 0.25) is 5.91 Å². The van der Waals surface area contributed by atoms with Crippen LogP contribution in [0.25, 0.3) is 0 Å². The van der Waals surface area contributed by atoms with Gasteiger partial charge in [0.15, 0.2) is 0 Å². The number of carbonyl (C=O) groups is 1. The molecule has 25 heavy (non-hydrogen) atoms. The highest BCUT2D eigenvalue weighted by Crippen LogP contribution is 2.30. The smallest absolute Gasteiger partial charge is 0.266 e. The highest BCUT2D eigenvalue weighted by atomic mass is 32.2. The molecule has 6 nitrogen and oxygen atoms in total. The van der Waals surface area contributed by atoms with E-state index >= 15 is 0 Å². The average Bonchev–Trinajstić information content (AvgIpc) is 2.59. The van der Waals surface area contributed by atoms with Gasteiger partial charge in [-0.05, 0) is 31.9 Å². The summed E-state index contributed by atoms with van der Waals surface area (Å²) < 4.78 is 0. The first kappa shape index (κ1) is 17.5. The first-order valence-electron chi connectivity index (χ1n) is 8.33. The number of thioether (sulfide) groups is 1. The highest BCUT2D eigenvalue weighted by Gasteiger charge is 2.24. The van der Waals surface area contributed by atoms with Crippen molar-refractivity contribution in [2.24, 2.45) is 0 Å². The van der Waals surface area contributed by atoms with Crippen LogP contribution < -0.4 is 11.1 Å². The summed E-state index contributed by atoms with van der Waals surface area (Å²) in [5, 5.41) is 4.95. The Labute approximate surface area is 149 Å². The number of benzene rings is 1. The number of hydrogen-bond donors (Lipinski definition) is 2. The molecule has 1 aliphatic heterocycles. The maximum atomic E-state index is 12.4. The molecular weight excluding hydrogens is 338 g/mol. The van der Waals surface area contributed by atoms with Crippen LogP contribution in [-0.4, -0.2) is 39.3 Å². The van der Waals surface area contributed by atoms with Crippen LogP contribution in [0.3, 0.4) is 0 Å². The van der Waals surface area contributed by atoms with Crippen molar-refractivity contribution in [2.45, 2.75) is 36.3 Å². The number of piperidine rings is 1. The van der Waals surface area contributed by atoms with Crippen LogP contribution in [0.5, 0.6) is 0 Å². The van der Waals surface area contributed by atoms with E-state index in [-0.39, 0.29) is 17.9 Å². The largest absolute Gasteiger partial charge is 0.342 e. The summed E-state index contributed by atoms with van der Waals surface area (Å²) in [7, 11) is 0. The maximum absolute atomic E-state index is 12.4. The quantitative estimate of drug-likeness (QED) is 0.870.